The van der Waals surface area contributed by atoms with Gasteiger partial charge < -0.3 is 9.64 Å². The van der Waals surface area contributed by atoms with Crippen molar-refractivity contribution < 1.29 is 14.3 Å². The van der Waals surface area contributed by atoms with Crippen LogP contribution in [0.2, 0.25) is 0 Å². The van der Waals surface area contributed by atoms with Gasteiger partial charge in [0.2, 0.25) is 5.91 Å². The second-order valence-corrected chi connectivity index (χ2v) is 9.77. The summed E-state index contributed by atoms with van der Waals surface area (Å²) in [6, 6.07) is 7.64. The number of carbonyl (C=O) groups is 2. The summed E-state index contributed by atoms with van der Waals surface area (Å²) in [6.07, 6.45) is 3.02. The van der Waals surface area contributed by atoms with E-state index in [1.165, 1.54) is 11.8 Å². The number of aryl methyl sites for hydroxylation is 1. The fourth-order valence-corrected chi connectivity index (χ4v) is 5.82. The quantitative estimate of drug-likeness (QED) is 0.408. The highest BCUT2D eigenvalue weighted by Gasteiger charge is 2.33. The first-order valence-corrected chi connectivity index (χ1v) is 12.6. The van der Waals surface area contributed by atoms with Crippen LogP contribution in [0.4, 0.5) is 0 Å². The zero-order valence-corrected chi connectivity index (χ0v) is 20.1. The summed E-state index contributed by atoms with van der Waals surface area (Å²) in [4.78, 5) is 44.9. The minimum Gasteiger partial charge on any atom is -0.466 e. The summed E-state index contributed by atoms with van der Waals surface area (Å²) >= 11 is 1.49. The number of rotatable bonds is 5. The first-order valence-electron chi connectivity index (χ1n) is 11.6. The van der Waals surface area contributed by atoms with Gasteiger partial charge in [0.05, 0.1) is 30.5 Å². The van der Waals surface area contributed by atoms with Gasteiger partial charge in [-0.05, 0) is 44.4 Å². The third-order valence-electron chi connectivity index (χ3n) is 6.49. The summed E-state index contributed by atoms with van der Waals surface area (Å²) in [5.41, 5.74) is 2.32. The van der Waals surface area contributed by atoms with Crippen molar-refractivity contribution in [3.05, 3.63) is 46.4 Å². The van der Waals surface area contributed by atoms with E-state index >= 15 is 0 Å². The number of esters is 1. The highest BCUT2D eigenvalue weighted by Crippen LogP contribution is 2.34. The van der Waals surface area contributed by atoms with Crippen LogP contribution in [0.5, 0.6) is 0 Å². The van der Waals surface area contributed by atoms with E-state index in [0.29, 0.717) is 54.5 Å². The predicted molar refractivity (Wildman–Crippen MR) is 128 cm³/mol. The number of thioether (sulfide) groups is 1. The largest absolute Gasteiger partial charge is 0.466 e. The van der Waals surface area contributed by atoms with Crippen LogP contribution in [0.1, 0.15) is 37.8 Å². The minimum absolute atomic E-state index is 0.00297. The normalized spacial score (nSPS) is 18.3. The van der Waals surface area contributed by atoms with Crippen LogP contribution < -0.4 is 5.56 Å². The fraction of sp³-hybridized carbons (Fsp3) is 0.458. The van der Waals surface area contributed by atoms with Gasteiger partial charge in [-0.15, -0.1) is 0 Å². The Labute approximate surface area is 201 Å². The van der Waals surface area contributed by atoms with Crippen molar-refractivity contribution in [2.75, 3.05) is 25.4 Å². The summed E-state index contributed by atoms with van der Waals surface area (Å²) in [6.45, 7) is 5.24. The Morgan fingerprint density at radius 1 is 1.24 bits per heavy atom. The third-order valence-corrected chi connectivity index (χ3v) is 7.59. The average Bonchev–Trinajstić information content (AvgIpc) is 3.44. The van der Waals surface area contributed by atoms with E-state index in [9.17, 15) is 14.4 Å². The number of nitrogens with zero attached hydrogens (tertiary/aromatic N) is 5. The van der Waals surface area contributed by atoms with Crippen LogP contribution in [0.25, 0.3) is 16.7 Å². The van der Waals surface area contributed by atoms with Gasteiger partial charge in [0.15, 0.2) is 10.8 Å². The molecule has 4 heterocycles. The maximum atomic E-state index is 13.4. The molecule has 0 spiro atoms. The smallest absolute Gasteiger partial charge is 0.309 e. The van der Waals surface area contributed by atoms with E-state index in [1.54, 1.807) is 27.3 Å². The number of piperidine rings is 1. The average molecular weight is 482 g/mol. The molecule has 178 valence electrons. The molecule has 9 nitrogen and oxygen atoms in total. The Morgan fingerprint density at radius 2 is 2.03 bits per heavy atom. The highest BCUT2D eigenvalue weighted by atomic mass is 32.2. The molecule has 0 aliphatic carbocycles. The number of amides is 1. The van der Waals surface area contributed by atoms with Crippen LogP contribution in [-0.4, -0.2) is 61.6 Å². The number of benzene rings is 1. The first-order chi connectivity index (χ1) is 16.5. The van der Waals surface area contributed by atoms with Crippen molar-refractivity contribution in [1.29, 1.82) is 0 Å². The van der Waals surface area contributed by atoms with Crippen molar-refractivity contribution in [3.8, 4) is 5.69 Å². The van der Waals surface area contributed by atoms with Gasteiger partial charge in [-0.2, -0.15) is 5.10 Å². The SMILES string of the molecule is CCOC(=O)C1CCN(C(=O)CC2CSc3nc4c(cnn4-c4cccc(C)c4)c(=O)n32)CC1. The summed E-state index contributed by atoms with van der Waals surface area (Å²) in [5, 5.41) is 5.48. The van der Waals surface area contributed by atoms with Crippen LogP contribution in [-0.2, 0) is 14.3 Å². The number of ether oxygens (including phenoxy) is 1. The van der Waals surface area contributed by atoms with Gasteiger partial charge in [0, 0.05) is 25.3 Å². The number of aromatic nitrogens is 4. The van der Waals surface area contributed by atoms with E-state index in [1.807, 2.05) is 31.2 Å². The lowest BCUT2D eigenvalue weighted by Gasteiger charge is -2.31. The lowest BCUT2D eigenvalue weighted by atomic mass is 9.96. The number of carbonyl (C=O) groups excluding carboxylic acids is 2. The van der Waals surface area contributed by atoms with Gasteiger partial charge in [-0.3, -0.25) is 19.0 Å². The van der Waals surface area contributed by atoms with Crippen molar-refractivity contribution >= 4 is 34.7 Å². The molecule has 0 N–H and O–H groups in total. The second-order valence-electron chi connectivity index (χ2n) is 8.78. The van der Waals surface area contributed by atoms with Gasteiger partial charge in [-0.1, -0.05) is 23.9 Å². The van der Waals surface area contributed by atoms with Gasteiger partial charge in [-0.25, -0.2) is 9.67 Å². The lowest BCUT2D eigenvalue weighted by molar-refractivity contribution is -0.151. The maximum absolute atomic E-state index is 13.4. The minimum atomic E-state index is -0.248. The van der Waals surface area contributed by atoms with Crippen LogP contribution in [0.15, 0.2) is 40.4 Å². The highest BCUT2D eigenvalue weighted by molar-refractivity contribution is 7.99. The van der Waals surface area contributed by atoms with E-state index < -0.39 is 0 Å². The molecule has 2 aliphatic heterocycles. The molecule has 1 atom stereocenters. The first kappa shape index (κ1) is 22.6. The predicted octanol–water partition coefficient (Wildman–Crippen LogP) is 2.73. The Bertz CT molecular complexity index is 1310. The zero-order valence-electron chi connectivity index (χ0n) is 19.3. The zero-order chi connectivity index (χ0) is 23.8. The molecule has 0 saturated carbocycles. The Morgan fingerprint density at radius 3 is 2.76 bits per heavy atom. The van der Waals surface area contributed by atoms with E-state index in [-0.39, 0.29) is 35.8 Å². The summed E-state index contributed by atoms with van der Waals surface area (Å²) in [7, 11) is 0. The van der Waals surface area contributed by atoms with Crippen molar-refractivity contribution in [2.45, 2.75) is 44.3 Å². The number of likely N-dealkylation sites (tertiary alicyclic amines) is 1. The molecular formula is C24H27N5O4S. The molecule has 1 saturated heterocycles. The van der Waals surface area contributed by atoms with Crippen molar-refractivity contribution in [2.24, 2.45) is 5.92 Å². The molecule has 3 aromatic rings. The molecule has 10 heteroatoms. The van der Waals surface area contributed by atoms with Gasteiger partial charge in [0.25, 0.3) is 5.56 Å². The molecule has 5 rings (SSSR count). The molecule has 0 bridgehead atoms. The molecule has 34 heavy (non-hydrogen) atoms. The topological polar surface area (TPSA) is 99.3 Å². The van der Waals surface area contributed by atoms with Gasteiger partial charge >= 0.3 is 5.97 Å². The number of fused-ring (bicyclic) bond motifs is 2. The molecule has 0 radical (unpaired) electrons. The van der Waals surface area contributed by atoms with Gasteiger partial charge in [0.1, 0.15) is 5.39 Å². The number of hydrogen-bond donors (Lipinski definition) is 0. The monoisotopic (exact) mass is 481 g/mol. The molecule has 2 aromatic heterocycles. The second kappa shape index (κ2) is 9.25. The summed E-state index contributed by atoms with van der Waals surface area (Å²) in [5.74, 6) is 0.307. The van der Waals surface area contributed by atoms with E-state index in [2.05, 4.69) is 5.10 Å². The lowest BCUT2D eigenvalue weighted by Crippen LogP contribution is -2.41. The Kier molecular flexibility index (Phi) is 6.16. The Balaban J connectivity index is 1.34. The van der Waals surface area contributed by atoms with Crippen molar-refractivity contribution in [3.63, 3.8) is 0 Å². The standard InChI is InChI=1S/C24H27N5O4S/c1-3-33-23(32)16-7-9-27(10-8-16)20(30)12-18-14-34-24-26-21-19(22(31)28(18)24)13-25-29(21)17-6-4-5-15(2)11-17/h4-6,11,13,16,18H,3,7-10,12,14H2,1-2H3. The molecule has 2 aliphatic rings. The molecule has 1 unspecified atom stereocenters. The van der Waals surface area contributed by atoms with Crippen LogP contribution >= 0.6 is 11.8 Å². The van der Waals surface area contributed by atoms with Crippen molar-refractivity contribution in [1.82, 2.24) is 24.2 Å². The molecule has 1 amide bonds. The summed E-state index contributed by atoms with van der Waals surface area (Å²) < 4.78 is 8.45. The van der Waals surface area contributed by atoms with E-state index in [0.717, 1.165) is 11.3 Å². The number of hydrogen-bond acceptors (Lipinski definition) is 7. The van der Waals surface area contributed by atoms with Crippen LogP contribution in [0, 0.1) is 12.8 Å². The van der Waals surface area contributed by atoms with E-state index in [4.69, 9.17) is 9.72 Å². The van der Waals surface area contributed by atoms with Crippen LogP contribution in [0.3, 0.4) is 0 Å². The Hall–Kier alpha value is -3.14. The molecular weight excluding hydrogens is 454 g/mol. The molecule has 1 fully saturated rings. The molecule has 1 aromatic carbocycles. The maximum Gasteiger partial charge on any atom is 0.309 e. The fourth-order valence-electron chi connectivity index (χ4n) is 4.68. The third kappa shape index (κ3) is 4.11.